The first kappa shape index (κ1) is 25.0. The first-order valence-electron chi connectivity index (χ1n) is 10.3. The number of hydrogen-bond donors (Lipinski definition) is 2. The fourth-order valence-electron chi connectivity index (χ4n) is 2.76. The largest absolute Gasteiger partial charge is 0.480 e. The van der Waals surface area contributed by atoms with Crippen molar-refractivity contribution in [3.05, 3.63) is 12.2 Å². The Kier molecular flexibility index (Phi) is 18.1. The van der Waals surface area contributed by atoms with E-state index < -0.39 is 12.0 Å². The molecule has 0 aromatic carbocycles. The normalized spacial score (nSPS) is 12.4. The fraction of sp³-hybridized carbons (Fsp3) is 0.810. The van der Waals surface area contributed by atoms with Gasteiger partial charge in [0, 0.05) is 6.42 Å². The van der Waals surface area contributed by atoms with Crippen molar-refractivity contribution in [1.82, 2.24) is 5.32 Å². The molecule has 0 heterocycles. The van der Waals surface area contributed by atoms with Gasteiger partial charge in [-0.3, -0.25) is 4.79 Å². The summed E-state index contributed by atoms with van der Waals surface area (Å²) in [7, 11) is 0. The molecule has 0 aliphatic heterocycles. The van der Waals surface area contributed by atoms with Crippen molar-refractivity contribution >= 4 is 23.6 Å². The molecule has 0 spiro atoms. The Labute approximate surface area is 164 Å². The maximum Gasteiger partial charge on any atom is 0.326 e. The number of amides is 1. The molecule has 0 aliphatic rings. The van der Waals surface area contributed by atoms with Gasteiger partial charge in [-0.2, -0.15) is 11.8 Å². The number of carboxylic acids is 1. The number of thioether (sulfide) groups is 1. The summed E-state index contributed by atoms with van der Waals surface area (Å²) in [5.41, 5.74) is 0. The van der Waals surface area contributed by atoms with Crippen LogP contribution in [0.25, 0.3) is 0 Å². The average Bonchev–Trinajstić information content (AvgIpc) is 2.62. The van der Waals surface area contributed by atoms with E-state index in [0.717, 1.165) is 31.4 Å². The molecule has 1 atom stereocenters. The lowest BCUT2D eigenvalue weighted by molar-refractivity contribution is -0.141. The maximum absolute atomic E-state index is 11.8. The summed E-state index contributed by atoms with van der Waals surface area (Å²) >= 11 is 1.59. The van der Waals surface area contributed by atoms with E-state index in [1.807, 2.05) is 6.26 Å². The molecular weight excluding hydrogens is 346 g/mol. The van der Waals surface area contributed by atoms with Crippen LogP contribution in [0.15, 0.2) is 12.2 Å². The summed E-state index contributed by atoms with van der Waals surface area (Å²) in [6.45, 7) is 2.24. The second kappa shape index (κ2) is 18.8. The highest BCUT2D eigenvalue weighted by Crippen LogP contribution is 2.09. The van der Waals surface area contributed by atoms with Crippen molar-refractivity contribution in [2.75, 3.05) is 12.0 Å². The van der Waals surface area contributed by atoms with Gasteiger partial charge in [0.2, 0.25) is 5.91 Å². The monoisotopic (exact) mass is 385 g/mol. The molecule has 0 radical (unpaired) electrons. The number of carbonyl (C=O) groups excluding carboxylic acids is 1. The SMILES string of the molecule is CCCCCCC=CCCCCCCCC(=O)N[C@@H](CCSC)C(=O)O. The van der Waals surface area contributed by atoms with E-state index in [-0.39, 0.29) is 5.91 Å². The first-order chi connectivity index (χ1) is 12.6. The molecule has 1 amide bonds. The lowest BCUT2D eigenvalue weighted by atomic mass is 10.1. The molecule has 0 bridgehead atoms. The molecule has 0 rings (SSSR count). The Morgan fingerprint density at radius 1 is 0.962 bits per heavy atom. The van der Waals surface area contributed by atoms with Gasteiger partial charge in [-0.25, -0.2) is 4.79 Å². The second-order valence-corrected chi connectivity index (χ2v) is 7.85. The van der Waals surface area contributed by atoms with Crippen LogP contribution in [0.3, 0.4) is 0 Å². The molecule has 0 saturated heterocycles. The van der Waals surface area contributed by atoms with Gasteiger partial charge in [-0.05, 0) is 50.5 Å². The van der Waals surface area contributed by atoms with Crippen molar-refractivity contribution in [2.45, 2.75) is 96.4 Å². The summed E-state index contributed by atoms with van der Waals surface area (Å²) in [6.07, 6.45) is 20.6. The van der Waals surface area contributed by atoms with Crippen molar-refractivity contribution in [3.8, 4) is 0 Å². The molecule has 0 aromatic rings. The first-order valence-corrected chi connectivity index (χ1v) is 11.7. The van der Waals surface area contributed by atoms with Crippen LogP contribution in [0.2, 0.25) is 0 Å². The third-order valence-corrected chi connectivity index (χ3v) is 5.05. The smallest absolute Gasteiger partial charge is 0.326 e. The zero-order valence-electron chi connectivity index (χ0n) is 16.8. The van der Waals surface area contributed by atoms with E-state index in [0.29, 0.717) is 12.8 Å². The molecule has 4 nitrogen and oxygen atoms in total. The summed E-state index contributed by atoms with van der Waals surface area (Å²) in [5, 5.41) is 11.7. The number of allylic oxidation sites excluding steroid dienone is 2. The van der Waals surface area contributed by atoms with Crippen LogP contribution in [0.1, 0.15) is 90.4 Å². The highest BCUT2D eigenvalue weighted by Gasteiger charge is 2.18. The van der Waals surface area contributed by atoms with Gasteiger partial charge in [0.15, 0.2) is 0 Å². The molecule has 5 heteroatoms. The van der Waals surface area contributed by atoms with Gasteiger partial charge >= 0.3 is 5.97 Å². The molecule has 0 aromatic heterocycles. The highest BCUT2D eigenvalue weighted by atomic mass is 32.2. The van der Waals surface area contributed by atoms with E-state index in [4.69, 9.17) is 5.11 Å². The average molecular weight is 386 g/mol. The third kappa shape index (κ3) is 16.5. The minimum atomic E-state index is -0.939. The summed E-state index contributed by atoms with van der Waals surface area (Å²) in [6, 6.07) is -0.747. The molecule has 0 saturated carbocycles. The lowest BCUT2D eigenvalue weighted by Crippen LogP contribution is -2.41. The highest BCUT2D eigenvalue weighted by molar-refractivity contribution is 7.98. The van der Waals surface area contributed by atoms with Crippen molar-refractivity contribution in [1.29, 1.82) is 0 Å². The van der Waals surface area contributed by atoms with E-state index in [2.05, 4.69) is 24.4 Å². The summed E-state index contributed by atoms with van der Waals surface area (Å²) in [4.78, 5) is 22.9. The molecular formula is C21H39NO3S. The van der Waals surface area contributed by atoms with Gasteiger partial charge in [0.05, 0.1) is 0 Å². The van der Waals surface area contributed by atoms with Crippen LogP contribution in [-0.2, 0) is 9.59 Å². The van der Waals surface area contributed by atoms with Gasteiger partial charge in [-0.15, -0.1) is 0 Å². The topological polar surface area (TPSA) is 66.4 Å². The van der Waals surface area contributed by atoms with E-state index in [9.17, 15) is 9.59 Å². The van der Waals surface area contributed by atoms with E-state index in [1.54, 1.807) is 11.8 Å². The predicted molar refractivity (Wildman–Crippen MR) is 113 cm³/mol. The third-order valence-electron chi connectivity index (χ3n) is 4.41. The molecule has 0 aliphatic carbocycles. The predicted octanol–water partition coefficient (Wildman–Crippen LogP) is 5.57. The number of unbranched alkanes of at least 4 members (excludes halogenated alkanes) is 9. The lowest BCUT2D eigenvalue weighted by Gasteiger charge is -2.13. The van der Waals surface area contributed by atoms with Crippen LogP contribution < -0.4 is 5.32 Å². The van der Waals surface area contributed by atoms with Crippen molar-refractivity contribution in [3.63, 3.8) is 0 Å². The number of hydrogen-bond acceptors (Lipinski definition) is 3. The minimum Gasteiger partial charge on any atom is -0.480 e. The number of rotatable bonds is 18. The maximum atomic E-state index is 11.8. The Balaban J connectivity index is 3.52. The van der Waals surface area contributed by atoms with Crippen molar-refractivity contribution in [2.24, 2.45) is 0 Å². The Bertz CT molecular complexity index is 385. The van der Waals surface area contributed by atoms with Crippen molar-refractivity contribution < 1.29 is 14.7 Å². The molecule has 0 fully saturated rings. The zero-order chi connectivity index (χ0) is 19.5. The van der Waals surface area contributed by atoms with Crippen LogP contribution in [0.4, 0.5) is 0 Å². The number of carboxylic acid groups (broad SMARTS) is 1. The molecule has 2 N–H and O–H groups in total. The molecule has 152 valence electrons. The standard InChI is InChI=1S/C21H39NO3S/c1-3-4-5-6-7-8-9-10-11-12-13-14-15-16-20(23)22-19(21(24)25)17-18-26-2/h8-9,19H,3-7,10-18H2,1-2H3,(H,22,23)(H,24,25)/t19-/m0/s1. The Hall–Kier alpha value is -0.970. The van der Waals surface area contributed by atoms with E-state index in [1.165, 1.54) is 44.9 Å². The van der Waals surface area contributed by atoms with Crippen LogP contribution in [-0.4, -0.2) is 35.0 Å². The summed E-state index contributed by atoms with van der Waals surface area (Å²) in [5.74, 6) is -0.333. The van der Waals surface area contributed by atoms with Crippen LogP contribution in [0.5, 0.6) is 0 Å². The molecule has 0 unspecified atom stereocenters. The number of carbonyl (C=O) groups is 2. The zero-order valence-corrected chi connectivity index (χ0v) is 17.6. The van der Waals surface area contributed by atoms with Crippen LogP contribution >= 0.6 is 11.8 Å². The van der Waals surface area contributed by atoms with E-state index >= 15 is 0 Å². The van der Waals surface area contributed by atoms with Gasteiger partial charge in [-0.1, -0.05) is 57.6 Å². The Morgan fingerprint density at radius 3 is 2.12 bits per heavy atom. The second-order valence-electron chi connectivity index (χ2n) is 6.87. The number of nitrogens with one attached hydrogen (secondary N) is 1. The van der Waals surface area contributed by atoms with Crippen LogP contribution in [0, 0.1) is 0 Å². The summed E-state index contributed by atoms with van der Waals surface area (Å²) < 4.78 is 0. The van der Waals surface area contributed by atoms with Gasteiger partial charge < -0.3 is 10.4 Å². The van der Waals surface area contributed by atoms with Gasteiger partial charge in [0.25, 0.3) is 0 Å². The van der Waals surface area contributed by atoms with Gasteiger partial charge in [0.1, 0.15) is 6.04 Å². The fourth-order valence-corrected chi connectivity index (χ4v) is 3.23. The quantitative estimate of drug-likeness (QED) is 0.239. The minimum absolute atomic E-state index is 0.135. The number of aliphatic carboxylic acids is 1. The Morgan fingerprint density at radius 2 is 1.54 bits per heavy atom. The molecule has 26 heavy (non-hydrogen) atoms.